The fourth-order valence-electron chi connectivity index (χ4n) is 4.56. The summed E-state index contributed by atoms with van der Waals surface area (Å²) in [6.07, 6.45) is 4.10. The molecule has 0 aliphatic carbocycles. The van der Waals surface area contributed by atoms with Crippen LogP contribution in [0.3, 0.4) is 0 Å². The summed E-state index contributed by atoms with van der Waals surface area (Å²) in [5, 5.41) is 3.66. The molecular weight excluding hydrogens is 412 g/mol. The molecule has 7 heteroatoms. The number of nitrogens with one attached hydrogen (secondary N) is 1. The number of aryl methyl sites for hydroxylation is 1. The van der Waals surface area contributed by atoms with Crippen molar-refractivity contribution < 1.29 is 4.74 Å². The molecule has 5 rings (SSSR count). The summed E-state index contributed by atoms with van der Waals surface area (Å²) in [4.78, 5) is 18.9. The van der Waals surface area contributed by atoms with E-state index in [4.69, 9.17) is 9.72 Å². The number of aromatic nitrogens is 3. The van der Waals surface area contributed by atoms with E-state index in [1.807, 2.05) is 19.2 Å². The first-order valence-electron chi connectivity index (χ1n) is 11.9. The Morgan fingerprint density at radius 3 is 2.48 bits per heavy atom. The molecule has 2 aliphatic heterocycles. The number of piperidine rings is 1. The summed E-state index contributed by atoms with van der Waals surface area (Å²) in [5.74, 6) is 2.60. The lowest BCUT2D eigenvalue weighted by Gasteiger charge is -2.32. The minimum absolute atomic E-state index is 0.431. The van der Waals surface area contributed by atoms with Crippen LogP contribution in [-0.4, -0.2) is 65.3 Å². The van der Waals surface area contributed by atoms with E-state index in [1.165, 1.54) is 5.56 Å². The molecule has 0 unspecified atom stereocenters. The van der Waals surface area contributed by atoms with Crippen LogP contribution in [0.1, 0.15) is 24.1 Å². The quantitative estimate of drug-likeness (QED) is 0.621. The van der Waals surface area contributed by atoms with Gasteiger partial charge in [-0.2, -0.15) is 0 Å². The first-order chi connectivity index (χ1) is 16.2. The number of likely N-dealkylation sites (tertiary alicyclic amines) is 1. The fourth-order valence-corrected chi connectivity index (χ4v) is 4.56. The smallest absolute Gasteiger partial charge is 0.163 e. The van der Waals surface area contributed by atoms with Crippen LogP contribution < -0.4 is 10.2 Å². The number of morpholine rings is 1. The van der Waals surface area contributed by atoms with Crippen LogP contribution in [0.5, 0.6) is 0 Å². The van der Waals surface area contributed by atoms with Gasteiger partial charge in [0.2, 0.25) is 0 Å². The van der Waals surface area contributed by atoms with Crippen molar-refractivity contribution in [1.29, 1.82) is 0 Å². The second kappa shape index (κ2) is 10.3. The molecule has 33 heavy (non-hydrogen) atoms. The Hall–Kier alpha value is -3.03. The highest BCUT2D eigenvalue weighted by Gasteiger charge is 2.20. The van der Waals surface area contributed by atoms with E-state index >= 15 is 0 Å². The minimum atomic E-state index is 0.431. The van der Waals surface area contributed by atoms with Gasteiger partial charge in [-0.15, -0.1) is 0 Å². The molecule has 3 aromatic rings. The van der Waals surface area contributed by atoms with Gasteiger partial charge in [-0.3, -0.25) is 4.90 Å². The fraction of sp³-hybridized carbons (Fsp3) is 0.423. The lowest BCUT2D eigenvalue weighted by Crippen LogP contribution is -2.38. The Labute approximate surface area is 195 Å². The molecule has 1 aromatic carbocycles. The van der Waals surface area contributed by atoms with Gasteiger partial charge in [0.1, 0.15) is 11.6 Å². The maximum atomic E-state index is 5.44. The van der Waals surface area contributed by atoms with E-state index in [-0.39, 0.29) is 0 Å². The average Bonchev–Trinajstić information content (AvgIpc) is 2.86. The van der Waals surface area contributed by atoms with Crippen molar-refractivity contribution in [1.82, 2.24) is 19.9 Å². The van der Waals surface area contributed by atoms with Gasteiger partial charge in [-0.1, -0.05) is 30.3 Å². The van der Waals surface area contributed by atoms with Gasteiger partial charge in [-0.25, -0.2) is 15.0 Å². The van der Waals surface area contributed by atoms with Gasteiger partial charge < -0.3 is 15.0 Å². The SMILES string of the molecule is Cc1cc(NC2CCN(Cc3ccccc3)CC2)nc(-c2ccc(N3CCOCC3)nc2)n1. The maximum Gasteiger partial charge on any atom is 0.163 e. The highest BCUT2D eigenvalue weighted by atomic mass is 16.5. The molecule has 7 nitrogen and oxygen atoms in total. The second-order valence-corrected chi connectivity index (χ2v) is 8.90. The van der Waals surface area contributed by atoms with Crippen LogP contribution in [0.2, 0.25) is 0 Å². The van der Waals surface area contributed by atoms with Crippen molar-refractivity contribution in [3.8, 4) is 11.4 Å². The van der Waals surface area contributed by atoms with E-state index in [9.17, 15) is 0 Å². The van der Waals surface area contributed by atoms with Crippen LogP contribution in [-0.2, 0) is 11.3 Å². The van der Waals surface area contributed by atoms with Crippen LogP contribution in [0, 0.1) is 6.92 Å². The lowest BCUT2D eigenvalue weighted by atomic mass is 10.0. The zero-order valence-corrected chi connectivity index (χ0v) is 19.3. The number of benzene rings is 1. The van der Waals surface area contributed by atoms with E-state index in [1.54, 1.807) is 0 Å². The third-order valence-corrected chi connectivity index (χ3v) is 6.38. The zero-order valence-electron chi connectivity index (χ0n) is 19.3. The second-order valence-electron chi connectivity index (χ2n) is 8.90. The summed E-state index contributed by atoms with van der Waals surface area (Å²) in [6.45, 7) is 8.51. The van der Waals surface area contributed by atoms with Crippen molar-refractivity contribution in [3.05, 3.63) is 66.0 Å². The lowest BCUT2D eigenvalue weighted by molar-refractivity contribution is 0.122. The number of pyridine rings is 1. The average molecular weight is 445 g/mol. The summed E-state index contributed by atoms with van der Waals surface area (Å²) < 4.78 is 5.44. The number of ether oxygens (including phenoxy) is 1. The molecule has 0 bridgehead atoms. The Bertz CT molecular complexity index is 1030. The molecule has 1 N–H and O–H groups in total. The maximum absolute atomic E-state index is 5.44. The Morgan fingerprint density at radius 1 is 0.970 bits per heavy atom. The first kappa shape index (κ1) is 21.8. The van der Waals surface area contributed by atoms with Crippen molar-refractivity contribution >= 4 is 11.6 Å². The number of hydrogen-bond donors (Lipinski definition) is 1. The molecule has 4 heterocycles. The molecule has 2 aromatic heterocycles. The highest BCUT2D eigenvalue weighted by Crippen LogP contribution is 2.22. The van der Waals surface area contributed by atoms with Gasteiger partial charge in [0, 0.05) is 62.3 Å². The normalized spacial score (nSPS) is 17.8. The van der Waals surface area contributed by atoms with E-state index in [0.717, 1.165) is 87.5 Å². The van der Waals surface area contributed by atoms with Crippen molar-refractivity contribution in [2.24, 2.45) is 0 Å². The molecule has 172 valence electrons. The van der Waals surface area contributed by atoms with E-state index < -0.39 is 0 Å². The monoisotopic (exact) mass is 444 g/mol. The molecule has 0 saturated carbocycles. The number of nitrogens with zero attached hydrogens (tertiary/aromatic N) is 5. The third kappa shape index (κ3) is 5.67. The Kier molecular flexibility index (Phi) is 6.79. The summed E-state index contributed by atoms with van der Waals surface area (Å²) in [5.41, 5.74) is 3.28. The first-order valence-corrected chi connectivity index (χ1v) is 11.9. The van der Waals surface area contributed by atoms with Gasteiger partial charge in [0.15, 0.2) is 5.82 Å². The topological polar surface area (TPSA) is 66.4 Å². The van der Waals surface area contributed by atoms with E-state index in [0.29, 0.717) is 6.04 Å². The van der Waals surface area contributed by atoms with Crippen molar-refractivity contribution in [2.75, 3.05) is 49.6 Å². The molecule has 0 spiro atoms. The van der Waals surface area contributed by atoms with Crippen molar-refractivity contribution in [2.45, 2.75) is 32.4 Å². The Balaban J connectivity index is 1.20. The highest BCUT2D eigenvalue weighted by molar-refractivity contribution is 5.59. The van der Waals surface area contributed by atoms with Crippen LogP contribution in [0.4, 0.5) is 11.6 Å². The van der Waals surface area contributed by atoms with Crippen LogP contribution >= 0.6 is 0 Å². The predicted octanol–water partition coefficient (Wildman–Crippen LogP) is 3.76. The number of anilines is 2. The van der Waals surface area contributed by atoms with Crippen molar-refractivity contribution in [3.63, 3.8) is 0 Å². The largest absolute Gasteiger partial charge is 0.378 e. The molecule has 2 fully saturated rings. The Morgan fingerprint density at radius 2 is 1.76 bits per heavy atom. The molecule has 0 atom stereocenters. The summed E-state index contributed by atoms with van der Waals surface area (Å²) >= 11 is 0. The number of hydrogen-bond acceptors (Lipinski definition) is 7. The third-order valence-electron chi connectivity index (χ3n) is 6.38. The van der Waals surface area contributed by atoms with Gasteiger partial charge >= 0.3 is 0 Å². The number of rotatable bonds is 6. The van der Waals surface area contributed by atoms with Gasteiger partial charge in [-0.05, 0) is 37.5 Å². The molecule has 2 saturated heterocycles. The van der Waals surface area contributed by atoms with Crippen LogP contribution in [0.25, 0.3) is 11.4 Å². The summed E-state index contributed by atoms with van der Waals surface area (Å²) in [6, 6.07) is 17.3. The standard InChI is InChI=1S/C26H32N6O/c1-20-17-24(29-23-9-11-31(12-10-23)19-21-5-3-2-4-6-21)30-26(28-20)22-7-8-25(27-18-22)32-13-15-33-16-14-32/h2-8,17-18,23H,9-16,19H2,1H3,(H,28,29,30). The predicted molar refractivity (Wildman–Crippen MR) is 131 cm³/mol. The molecule has 0 amide bonds. The zero-order chi connectivity index (χ0) is 22.5. The summed E-state index contributed by atoms with van der Waals surface area (Å²) in [7, 11) is 0. The minimum Gasteiger partial charge on any atom is -0.378 e. The molecular formula is C26H32N6O. The van der Waals surface area contributed by atoms with Crippen LogP contribution in [0.15, 0.2) is 54.7 Å². The molecule has 2 aliphatic rings. The van der Waals surface area contributed by atoms with Gasteiger partial charge in [0.05, 0.1) is 13.2 Å². The van der Waals surface area contributed by atoms with E-state index in [2.05, 4.69) is 67.5 Å². The molecule has 0 radical (unpaired) electrons. The van der Waals surface area contributed by atoms with Gasteiger partial charge in [0.25, 0.3) is 0 Å².